The van der Waals surface area contributed by atoms with Gasteiger partial charge in [-0.15, -0.1) is 0 Å². The Morgan fingerprint density at radius 2 is 1.92 bits per heavy atom. The first-order valence-corrected chi connectivity index (χ1v) is 12.8. The summed E-state index contributed by atoms with van der Waals surface area (Å²) in [5.74, 6) is -0.421. The fourth-order valence-corrected chi connectivity index (χ4v) is 5.42. The number of sulfonamides is 1. The minimum Gasteiger partial charge on any atom is -0.497 e. The smallest absolute Gasteiger partial charge is 0.326 e. The van der Waals surface area contributed by atoms with Crippen LogP contribution in [-0.4, -0.2) is 63.4 Å². The van der Waals surface area contributed by atoms with Gasteiger partial charge in [-0.25, -0.2) is 8.42 Å². The van der Waals surface area contributed by atoms with E-state index in [4.69, 9.17) is 18.9 Å². The van der Waals surface area contributed by atoms with Gasteiger partial charge in [-0.2, -0.15) is 4.31 Å². The van der Waals surface area contributed by atoms with Crippen molar-refractivity contribution in [1.82, 2.24) is 4.31 Å². The highest BCUT2D eigenvalue weighted by atomic mass is 32.2. The quantitative estimate of drug-likeness (QED) is 0.248. The van der Waals surface area contributed by atoms with Crippen LogP contribution in [0.3, 0.4) is 0 Å². The van der Waals surface area contributed by atoms with Crippen LogP contribution in [0.2, 0.25) is 0 Å². The maximum Gasteiger partial charge on any atom is 0.326 e. The largest absolute Gasteiger partial charge is 0.497 e. The van der Waals surface area contributed by atoms with Crippen LogP contribution >= 0.6 is 0 Å². The SMILES string of the molecule is COC(=O)C(COC1CCCCO1)N(Cc1cc(C)ccc1[N+](=O)[O-])S(=O)(=O)c1ccc(OC)cc1. The Balaban J connectivity index is 2.06. The summed E-state index contributed by atoms with van der Waals surface area (Å²) in [6, 6.07) is 8.59. The van der Waals surface area contributed by atoms with Crippen molar-refractivity contribution >= 4 is 21.7 Å². The zero-order chi connectivity index (χ0) is 26.3. The van der Waals surface area contributed by atoms with Gasteiger partial charge < -0.3 is 18.9 Å². The van der Waals surface area contributed by atoms with Crippen LogP contribution in [0.15, 0.2) is 47.4 Å². The Labute approximate surface area is 210 Å². The van der Waals surface area contributed by atoms with E-state index >= 15 is 0 Å². The number of carbonyl (C=O) groups is 1. The molecule has 2 atom stereocenters. The summed E-state index contributed by atoms with van der Waals surface area (Å²) in [5, 5.41) is 11.7. The first-order valence-electron chi connectivity index (χ1n) is 11.4. The van der Waals surface area contributed by atoms with Crippen molar-refractivity contribution in [1.29, 1.82) is 0 Å². The second-order valence-electron chi connectivity index (χ2n) is 8.28. The van der Waals surface area contributed by atoms with E-state index in [0.29, 0.717) is 24.3 Å². The standard InChI is InChI=1S/C24H30N2O9S/c1-17-7-12-21(26(28)29)18(14-17)15-25(36(30,31)20-10-8-19(32-2)9-11-20)22(24(27)33-3)16-35-23-6-4-5-13-34-23/h7-12,14,22-23H,4-6,13,15-16H2,1-3H3. The average molecular weight is 523 g/mol. The maximum atomic E-state index is 13.8. The van der Waals surface area contributed by atoms with Crippen molar-refractivity contribution in [3.8, 4) is 5.75 Å². The minimum atomic E-state index is -4.35. The number of carbonyl (C=O) groups excluding carboxylic acids is 1. The van der Waals surface area contributed by atoms with Crippen LogP contribution in [-0.2, 0) is 35.6 Å². The molecule has 3 rings (SSSR count). The topological polar surface area (TPSA) is 135 Å². The van der Waals surface area contributed by atoms with Crippen molar-refractivity contribution in [3.63, 3.8) is 0 Å². The van der Waals surface area contributed by atoms with Gasteiger partial charge in [0.05, 0.1) is 30.6 Å². The Morgan fingerprint density at radius 3 is 2.50 bits per heavy atom. The summed E-state index contributed by atoms with van der Waals surface area (Å²) in [6.45, 7) is 1.42. The molecule has 0 aromatic heterocycles. The van der Waals surface area contributed by atoms with E-state index in [2.05, 4.69) is 0 Å². The van der Waals surface area contributed by atoms with Gasteiger partial charge in [-0.3, -0.25) is 14.9 Å². The van der Waals surface area contributed by atoms with Crippen molar-refractivity contribution in [2.75, 3.05) is 27.4 Å². The number of hydrogen-bond donors (Lipinski definition) is 0. The summed E-state index contributed by atoms with van der Waals surface area (Å²) in [7, 11) is -1.77. The number of methoxy groups -OCH3 is 2. The molecule has 2 aromatic carbocycles. The molecule has 0 spiro atoms. The molecule has 0 bridgehead atoms. The third-order valence-corrected chi connectivity index (χ3v) is 7.69. The molecule has 1 saturated heterocycles. The van der Waals surface area contributed by atoms with Crippen LogP contribution in [0.5, 0.6) is 5.75 Å². The molecule has 1 heterocycles. The van der Waals surface area contributed by atoms with Gasteiger partial charge in [0.15, 0.2) is 6.29 Å². The van der Waals surface area contributed by atoms with Gasteiger partial charge in [0.25, 0.3) is 5.69 Å². The molecule has 2 aromatic rings. The van der Waals surface area contributed by atoms with E-state index in [1.54, 1.807) is 13.0 Å². The van der Waals surface area contributed by atoms with Crippen molar-refractivity contribution < 1.29 is 37.1 Å². The van der Waals surface area contributed by atoms with Gasteiger partial charge in [0.1, 0.15) is 11.8 Å². The molecular weight excluding hydrogens is 492 g/mol. The third kappa shape index (κ3) is 6.58. The molecule has 36 heavy (non-hydrogen) atoms. The number of aryl methyl sites for hydroxylation is 1. The first kappa shape index (κ1) is 27.5. The molecule has 11 nitrogen and oxygen atoms in total. The monoisotopic (exact) mass is 522 g/mol. The molecule has 1 aliphatic heterocycles. The van der Waals surface area contributed by atoms with E-state index in [0.717, 1.165) is 24.3 Å². The van der Waals surface area contributed by atoms with E-state index in [1.165, 1.54) is 43.5 Å². The van der Waals surface area contributed by atoms with Crippen molar-refractivity contribution in [2.24, 2.45) is 0 Å². The number of ether oxygens (including phenoxy) is 4. The number of hydrogen-bond acceptors (Lipinski definition) is 9. The number of nitro benzene ring substituents is 1. The van der Waals surface area contributed by atoms with E-state index in [-0.39, 0.29) is 22.8 Å². The van der Waals surface area contributed by atoms with Gasteiger partial charge in [-0.1, -0.05) is 11.6 Å². The Kier molecular flexibility index (Phi) is 9.37. The summed E-state index contributed by atoms with van der Waals surface area (Å²) >= 11 is 0. The van der Waals surface area contributed by atoms with Crippen molar-refractivity contribution in [2.45, 2.75) is 50.0 Å². The molecule has 1 fully saturated rings. The Bertz CT molecular complexity index is 1160. The van der Waals surface area contributed by atoms with Crippen LogP contribution in [0.1, 0.15) is 30.4 Å². The molecule has 1 aliphatic rings. The Morgan fingerprint density at radius 1 is 1.19 bits per heavy atom. The summed E-state index contributed by atoms with van der Waals surface area (Å²) < 4.78 is 49.9. The van der Waals surface area contributed by atoms with Crippen LogP contribution in [0.4, 0.5) is 5.69 Å². The second kappa shape index (κ2) is 12.3. The van der Waals surface area contributed by atoms with Gasteiger partial charge in [0.2, 0.25) is 10.0 Å². The molecule has 0 saturated carbocycles. The maximum absolute atomic E-state index is 13.8. The molecule has 2 unspecified atom stereocenters. The second-order valence-corrected chi connectivity index (χ2v) is 10.2. The van der Waals surface area contributed by atoms with Gasteiger partial charge >= 0.3 is 5.97 Å². The van der Waals surface area contributed by atoms with Crippen LogP contribution in [0, 0.1) is 17.0 Å². The van der Waals surface area contributed by atoms with Gasteiger partial charge in [0, 0.05) is 24.8 Å². The lowest BCUT2D eigenvalue weighted by atomic mass is 10.1. The fraction of sp³-hybridized carbons (Fsp3) is 0.458. The molecule has 0 amide bonds. The van der Waals surface area contributed by atoms with E-state index in [9.17, 15) is 23.3 Å². The molecule has 0 radical (unpaired) electrons. The molecule has 0 aliphatic carbocycles. The predicted octanol–water partition coefficient (Wildman–Crippen LogP) is 3.19. The predicted molar refractivity (Wildman–Crippen MR) is 129 cm³/mol. The van der Waals surface area contributed by atoms with Crippen LogP contribution in [0.25, 0.3) is 0 Å². The summed E-state index contributed by atoms with van der Waals surface area (Å²) in [5.41, 5.74) is 0.550. The number of nitro groups is 1. The normalized spacial score (nSPS) is 16.9. The number of nitrogens with zero attached hydrogens (tertiary/aromatic N) is 2. The highest BCUT2D eigenvalue weighted by Gasteiger charge is 2.39. The highest BCUT2D eigenvalue weighted by Crippen LogP contribution is 2.28. The van der Waals surface area contributed by atoms with E-state index < -0.39 is 39.8 Å². The summed E-state index contributed by atoms with van der Waals surface area (Å²) in [6.07, 6.45) is 1.76. The lowest BCUT2D eigenvalue weighted by Crippen LogP contribution is -2.48. The van der Waals surface area contributed by atoms with Gasteiger partial charge in [-0.05, 0) is 56.5 Å². The molecular formula is C24H30N2O9S. The van der Waals surface area contributed by atoms with Crippen LogP contribution < -0.4 is 4.74 Å². The molecule has 0 N–H and O–H groups in total. The highest BCUT2D eigenvalue weighted by molar-refractivity contribution is 7.89. The zero-order valence-corrected chi connectivity index (χ0v) is 21.2. The lowest BCUT2D eigenvalue weighted by Gasteiger charge is -2.31. The summed E-state index contributed by atoms with van der Waals surface area (Å²) in [4.78, 5) is 23.9. The first-order chi connectivity index (χ1) is 17.2. The lowest BCUT2D eigenvalue weighted by molar-refractivity contribution is -0.385. The average Bonchev–Trinajstić information content (AvgIpc) is 2.88. The fourth-order valence-electron chi connectivity index (χ4n) is 3.88. The minimum absolute atomic E-state index is 0.124. The molecule has 12 heteroatoms. The van der Waals surface area contributed by atoms with E-state index in [1.807, 2.05) is 0 Å². The molecule has 196 valence electrons. The number of benzene rings is 2. The van der Waals surface area contributed by atoms with Crippen molar-refractivity contribution in [3.05, 3.63) is 63.7 Å². The third-order valence-electron chi connectivity index (χ3n) is 5.82. The Hall–Kier alpha value is -3.06. The zero-order valence-electron chi connectivity index (χ0n) is 20.4. The number of esters is 1. The number of rotatable bonds is 11.